The molecule has 2 atom stereocenters. The van der Waals surface area contributed by atoms with E-state index >= 15 is 0 Å². The van der Waals surface area contributed by atoms with Gasteiger partial charge in [-0.15, -0.1) is 0 Å². The molecule has 1 N–H and O–H groups in total. The van der Waals surface area contributed by atoms with Gasteiger partial charge in [-0.2, -0.15) is 12.6 Å². The molecule has 0 aromatic heterocycles. The molecule has 0 aliphatic carbocycles. The van der Waals surface area contributed by atoms with Crippen LogP contribution >= 0.6 is 12.6 Å². The number of thiol groups is 1. The van der Waals surface area contributed by atoms with Crippen molar-refractivity contribution in [2.24, 2.45) is 5.92 Å². The third-order valence-electron chi connectivity index (χ3n) is 3.77. The van der Waals surface area contributed by atoms with Crippen molar-refractivity contribution in [3.63, 3.8) is 0 Å². The van der Waals surface area contributed by atoms with Gasteiger partial charge < -0.3 is 5.11 Å². The molecule has 0 rings (SSSR count). The number of hydrogen-bond acceptors (Lipinski definition) is 2. The minimum absolute atomic E-state index is 0.0453. The maximum Gasteiger partial charge on any atom is 0.307 e. The molecule has 0 heterocycles. The van der Waals surface area contributed by atoms with Gasteiger partial charge in [-0.25, -0.2) is 0 Å². The van der Waals surface area contributed by atoms with Gasteiger partial charge >= 0.3 is 5.97 Å². The Hall–Kier alpha value is -0.180. The quantitative estimate of drug-likeness (QED) is 0.356. The highest BCUT2D eigenvalue weighted by Gasteiger charge is 2.20. The SMILES string of the molecule is CCCCCCCCCCCCC(C(=O)O)C(C)S. The van der Waals surface area contributed by atoms with Crippen molar-refractivity contribution in [1.82, 2.24) is 0 Å². The topological polar surface area (TPSA) is 37.3 Å². The third kappa shape index (κ3) is 11.4. The van der Waals surface area contributed by atoms with Gasteiger partial charge in [0.05, 0.1) is 5.92 Å². The Kier molecular flexibility index (Phi) is 12.7. The monoisotopic (exact) mass is 288 g/mol. The summed E-state index contributed by atoms with van der Waals surface area (Å²) in [5.74, 6) is -0.976. The van der Waals surface area contributed by atoms with Crippen molar-refractivity contribution < 1.29 is 9.90 Å². The molecule has 0 aromatic carbocycles. The van der Waals surface area contributed by atoms with Crippen LogP contribution in [0.4, 0.5) is 0 Å². The van der Waals surface area contributed by atoms with Crippen molar-refractivity contribution in [2.45, 2.75) is 89.7 Å². The summed E-state index contributed by atoms with van der Waals surface area (Å²) in [6.07, 6.45) is 13.7. The summed E-state index contributed by atoms with van der Waals surface area (Å²) in [5.41, 5.74) is 0. The molecular weight excluding hydrogens is 256 g/mol. The second-order valence-corrected chi connectivity index (χ2v) is 6.47. The minimum atomic E-state index is -0.696. The van der Waals surface area contributed by atoms with Gasteiger partial charge in [-0.3, -0.25) is 4.79 Å². The van der Waals surface area contributed by atoms with Crippen molar-refractivity contribution in [2.75, 3.05) is 0 Å². The molecule has 19 heavy (non-hydrogen) atoms. The molecule has 0 aliphatic heterocycles. The van der Waals surface area contributed by atoms with E-state index in [1.807, 2.05) is 6.92 Å². The molecular formula is C16H32O2S. The lowest BCUT2D eigenvalue weighted by atomic mass is 9.97. The lowest BCUT2D eigenvalue weighted by molar-refractivity contribution is -0.141. The van der Waals surface area contributed by atoms with Crippen LogP contribution in [0.2, 0.25) is 0 Å². The van der Waals surface area contributed by atoms with Crippen molar-refractivity contribution >= 4 is 18.6 Å². The van der Waals surface area contributed by atoms with Crippen LogP contribution in [-0.2, 0) is 4.79 Å². The van der Waals surface area contributed by atoms with Crippen LogP contribution in [0, 0.1) is 5.92 Å². The summed E-state index contributed by atoms with van der Waals surface area (Å²) in [6, 6.07) is 0. The predicted octanol–water partition coefficient (Wildman–Crippen LogP) is 5.32. The van der Waals surface area contributed by atoms with Gasteiger partial charge in [-0.1, -0.05) is 78.1 Å². The van der Waals surface area contributed by atoms with Gasteiger partial charge in [0.15, 0.2) is 0 Å². The van der Waals surface area contributed by atoms with Crippen LogP contribution in [-0.4, -0.2) is 16.3 Å². The molecule has 0 fully saturated rings. The highest BCUT2D eigenvalue weighted by atomic mass is 32.1. The molecule has 0 amide bonds. The number of carboxylic acids is 1. The van der Waals surface area contributed by atoms with Crippen molar-refractivity contribution in [3.05, 3.63) is 0 Å². The van der Waals surface area contributed by atoms with Gasteiger partial charge in [0, 0.05) is 5.25 Å². The van der Waals surface area contributed by atoms with E-state index in [2.05, 4.69) is 19.6 Å². The molecule has 0 spiro atoms. The second kappa shape index (κ2) is 12.8. The Bertz CT molecular complexity index is 217. The van der Waals surface area contributed by atoms with Crippen molar-refractivity contribution in [1.29, 1.82) is 0 Å². The van der Waals surface area contributed by atoms with Gasteiger partial charge in [-0.05, 0) is 6.42 Å². The summed E-state index contributed by atoms with van der Waals surface area (Å²) < 4.78 is 0. The molecule has 0 aromatic rings. The highest BCUT2D eigenvalue weighted by Crippen LogP contribution is 2.19. The van der Waals surface area contributed by atoms with Crippen LogP contribution in [0.5, 0.6) is 0 Å². The zero-order valence-corrected chi connectivity index (χ0v) is 13.6. The average Bonchev–Trinajstić information content (AvgIpc) is 2.35. The molecule has 3 heteroatoms. The Labute approximate surface area is 124 Å². The maximum atomic E-state index is 11.0. The van der Waals surface area contributed by atoms with E-state index < -0.39 is 5.97 Å². The Morgan fingerprint density at radius 1 is 0.947 bits per heavy atom. The van der Waals surface area contributed by atoms with Crippen LogP contribution in [0.25, 0.3) is 0 Å². The number of unbranched alkanes of at least 4 members (excludes halogenated alkanes) is 9. The lowest BCUT2D eigenvalue weighted by Crippen LogP contribution is -2.21. The maximum absolute atomic E-state index is 11.0. The van der Waals surface area contributed by atoms with Gasteiger partial charge in [0.1, 0.15) is 0 Å². The summed E-state index contributed by atoms with van der Waals surface area (Å²) in [7, 11) is 0. The smallest absolute Gasteiger partial charge is 0.307 e. The zero-order chi connectivity index (χ0) is 14.5. The number of aliphatic carboxylic acids is 1. The minimum Gasteiger partial charge on any atom is -0.481 e. The number of carboxylic acid groups (broad SMARTS) is 1. The molecule has 0 bridgehead atoms. The Balaban J connectivity index is 3.32. The molecule has 0 radical (unpaired) electrons. The van der Waals surface area contributed by atoms with Crippen LogP contribution in [0.15, 0.2) is 0 Å². The largest absolute Gasteiger partial charge is 0.481 e. The fourth-order valence-corrected chi connectivity index (χ4v) is 2.70. The summed E-state index contributed by atoms with van der Waals surface area (Å²) in [5, 5.41) is 8.99. The predicted molar refractivity (Wildman–Crippen MR) is 86.0 cm³/mol. The summed E-state index contributed by atoms with van der Waals surface area (Å²) in [6.45, 7) is 4.12. The highest BCUT2D eigenvalue weighted by molar-refractivity contribution is 7.81. The first kappa shape index (κ1) is 18.8. The van der Waals surface area contributed by atoms with E-state index in [4.69, 9.17) is 5.11 Å². The summed E-state index contributed by atoms with van der Waals surface area (Å²) >= 11 is 4.25. The zero-order valence-electron chi connectivity index (χ0n) is 12.7. The number of hydrogen-bond donors (Lipinski definition) is 2. The molecule has 0 aliphatic rings. The normalized spacial score (nSPS) is 14.3. The number of carbonyl (C=O) groups is 1. The Morgan fingerprint density at radius 2 is 1.37 bits per heavy atom. The second-order valence-electron chi connectivity index (χ2n) is 5.66. The average molecular weight is 288 g/mol. The fraction of sp³-hybridized carbons (Fsp3) is 0.938. The summed E-state index contributed by atoms with van der Waals surface area (Å²) in [4.78, 5) is 11.0. The number of rotatable bonds is 13. The van der Waals surface area contributed by atoms with Crippen LogP contribution in [0.1, 0.15) is 84.5 Å². The van der Waals surface area contributed by atoms with E-state index in [1.54, 1.807) is 0 Å². The fourth-order valence-electron chi connectivity index (χ4n) is 2.42. The third-order valence-corrected chi connectivity index (χ3v) is 4.13. The van der Waals surface area contributed by atoms with Crippen LogP contribution in [0.3, 0.4) is 0 Å². The van der Waals surface area contributed by atoms with Crippen molar-refractivity contribution in [3.8, 4) is 0 Å². The van der Waals surface area contributed by atoms with Gasteiger partial charge in [0.2, 0.25) is 0 Å². The van der Waals surface area contributed by atoms with Crippen LogP contribution < -0.4 is 0 Å². The van der Waals surface area contributed by atoms with E-state index in [0.717, 1.165) is 12.8 Å². The van der Waals surface area contributed by atoms with E-state index in [0.29, 0.717) is 0 Å². The standard InChI is InChI=1S/C16H32O2S/c1-3-4-5-6-7-8-9-10-11-12-13-15(14(2)19)16(17)18/h14-15,19H,3-13H2,1-2H3,(H,17,18). The lowest BCUT2D eigenvalue weighted by Gasteiger charge is -2.14. The van der Waals surface area contributed by atoms with Gasteiger partial charge in [0.25, 0.3) is 0 Å². The molecule has 0 saturated carbocycles. The Morgan fingerprint density at radius 3 is 1.74 bits per heavy atom. The first-order chi connectivity index (χ1) is 9.09. The first-order valence-electron chi connectivity index (χ1n) is 8.00. The molecule has 114 valence electrons. The van der Waals surface area contributed by atoms with E-state index in [9.17, 15) is 4.79 Å². The molecule has 2 unspecified atom stereocenters. The molecule has 0 saturated heterocycles. The molecule has 2 nitrogen and oxygen atoms in total. The first-order valence-corrected chi connectivity index (χ1v) is 8.52. The van der Waals surface area contributed by atoms with E-state index in [-0.39, 0.29) is 11.2 Å². The van der Waals surface area contributed by atoms with E-state index in [1.165, 1.54) is 57.8 Å².